The van der Waals surface area contributed by atoms with Crippen molar-refractivity contribution in [3.05, 3.63) is 52.5 Å². The van der Waals surface area contributed by atoms with E-state index in [9.17, 15) is 4.79 Å². The molecular weight excluding hydrogens is 311 g/mol. The Balaban J connectivity index is 1.85. The number of hydrogen-bond donors (Lipinski definition) is 2. The van der Waals surface area contributed by atoms with Crippen LogP contribution in [0.2, 0.25) is 10.0 Å². The van der Waals surface area contributed by atoms with Gasteiger partial charge in [-0.25, -0.2) is 0 Å². The number of anilines is 2. The lowest BCUT2D eigenvalue weighted by Crippen LogP contribution is -2.15. The van der Waals surface area contributed by atoms with Crippen molar-refractivity contribution in [2.45, 2.75) is 6.42 Å². The minimum Gasteiger partial charge on any atom is -0.491 e. The fourth-order valence-corrected chi connectivity index (χ4v) is 2.01. The molecule has 3 N–H and O–H groups in total. The molecule has 0 spiro atoms. The van der Waals surface area contributed by atoms with Crippen LogP contribution in [0.4, 0.5) is 11.4 Å². The Morgan fingerprint density at radius 1 is 1.19 bits per heavy atom. The third-order valence-electron chi connectivity index (χ3n) is 2.71. The number of nitrogen functional groups attached to an aromatic ring is 1. The number of hydrogen-bond acceptors (Lipinski definition) is 3. The maximum Gasteiger partial charge on any atom is 0.227 e. The fraction of sp³-hybridized carbons (Fsp3) is 0.133. The molecule has 0 fully saturated rings. The van der Waals surface area contributed by atoms with E-state index in [4.69, 9.17) is 33.7 Å². The average Bonchev–Trinajstić information content (AvgIpc) is 2.45. The van der Waals surface area contributed by atoms with Gasteiger partial charge in [-0.05, 0) is 30.3 Å². The Bertz CT molecular complexity index is 647. The van der Waals surface area contributed by atoms with Crippen LogP contribution in [-0.2, 0) is 4.79 Å². The first kappa shape index (κ1) is 15.5. The van der Waals surface area contributed by atoms with Crippen molar-refractivity contribution >= 4 is 40.5 Å². The summed E-state index contributed by atoms with van der Waals surface area (Å²) in [4.78, 5) is 11.8. The lowest BCUT2D eigenvalue weighted by molar-refractivity contribution is -0.116. The number of nitrogens with one attached hydrogen (secondary N) is 1. The molecule has 6 heteroatoms. The zero-order valence-electron chi connectivity index (χ0n) is 11.1. The largest absolute Gasteiger partial charge is 0.491 e. The van der Waals surface area contributed by atoms with Gasteiger partial charge in [0.15, 0.2) is 0 Å². The fourth-order valence-electron chi connectivity index (χ4n) is 1.67. The Kier molecular flexibility index (Phi) is 5.31. The molecule has 110 valence electrons. The first-order chi connectivity index (χ1) is 10.1. The van der Waals surface area contributed by atoms with Crippen LogP contribution >= 0.6 is 23.2 Å². The molecule has 21 heavy (non-hydrogen) atoms. The third-order valence-corrected chi connectivity index (χ3v) is 3.27. The zero-order chi connectivity index (χ0) is 15.2. The monoisotopic (exact) mass is 324 g/mol. The number of ether oxygens (including phenoxy) is 1. The normalized spacial score (nSPS) is 10.2. The maximum absolute atomic E-state index is 11.8. The Morgan fingerprint density at radius 3 is 2.71 bits per heavy atom. The molecular formula is C15H14Cl2N2O2. The van der Waals surface area contributed by atoms with Gasteiger partial charge < -0.3 is 15.8 Å². The second-order valence-electron chi connectivity index (χ2n) is 4.31. The van der Waals surface area contributed by atoms with Crippen molar-refractivity contribution in [2.75, 3.05) is 17.7 Å². The molecule has 2 aromatic rings. The smallest absolute Gasteiger partial charge is 0.227 e. The van der Waals surface area contributed by atoms with Gasteiger partial charge in [-0.15, -0.1) is 0 Å². The summed E-state index contributed by atoms with van der Waals surface area (Å²) in [6.45, 7) is 0.220. The van der Waals surface area contributed by atoms with Gasteiger partial charge in [-0.3, -0.25) is 4.79 Å². The van der Waals surface area contributed by atoms with Crippen LogP contribution in [0.25, 0.3) is 0 Å². The van der Waals surface area contributed by atoms with Crippen LogP contribution in [0.1, 0.15) is 6.42 Å². The molecule has 2 rings (SSSR count). The molecule has 0 atom stereocenters. The van der Waals surface area contributed by atoms with Gasteiger partial charge in [-0.2, -0.15) is 0 Å². The van der Waals surface area contributed by atoms with Crippen LogP contribution in [0.3, 0.4) is 0 Å². The average molecular weight is 325 g/mol. The van der Waals surface area contributed by atoms with Crippen LogP contribution in [0.15, 0.2) is 42.5 Å². The predicted molar refractivity (Wildman–Crippen MR) is 86.1 cm³/mol. The summed E-state index contributed by atoms with van der Waals surface area (Å²) in [6, 6.07) is 12.0. The Morgan fingerprint density at radius 2 is 1.95 bits per heavy atom. The standard InChI is InChI=1S/C15H14Cl2N2O2/c16-10-5-6-11(17)13(9-10)19-15(20)7-8-21-14-4-2-1-3-12(14)18/h1-6,9H,7-8,18H2,(H,19,20). The lowest BCUT2D eigenvalue weighted by Gasteiger charge is -2.10. The minimum atomic E-state index is -0.214. The number of benzene rings is 2. The van der Waals surface area contributed by atoms with E-state index in [0.29, 0.717) is 27.2 Å². The molecule has 0 bridgehead atoms. The van der Waals surface area contributed by atoms with E-state index in [1.54, 1.807) is 30.3 Å². The molecule has 0 aliphatic rings. The highest BCUT2D eigenvalue weighted by Gasteiger charge is 2.07. The quantitative estimate of drug-likeness (QED) is 0.817. The van der Waals surface area contributed by atoms with E-state index in [0.717, 1.165) is 0 Å². The Labute approximate surface area is 132 Å². The summed E-state index contributed by atoms with van der Waals surface area (Å²) >= 11 is 11.8. The van der Waals surface area contributed by atoms with Crippen molar-refractivity contribution in [2.24, 2.45) is 0 Å². The van der Waals surface area contributed by atoms with E-state index in [2.05, 4.69) is 5.32 Å². The molecule has 0 aliphatic heterocycles. The van der Waals surface area contributed by atoms with Gasteiger partial charge in [0.25, 0.3) is 0 Å². The van der Waals surface area contributed by atoms with E-state index in [1.165, 1.54) is 0 Å². The number of para-hydroxylation sites is 2. The van der Waals surface area contributed by atoms with Crippen molar-refractivity contribution in [3.8, 4) is 5.75 Å². The van der Waals surface area contributed by atoms with Crippen LogP contribution in [-0.4, -0.2) is 12.5 Å². The van der Waals surface area contributed by atoms with Gasteiger partial charge in [0, 0.05) is 5.02 Å². The molecule has 0 unspecified atom stereocenters. The molecule has 0 radical (unpaired) electrons. The number of nitrogens with two attached hydrogens (primary N) is 1. The van der Waals surface area contributed by atoms with Crippen molar-refractivity contribution in [1.29, 1.82) is 0 Å². The molecule has 0 saturated carbocycles. The van der Waals surface area contributed by atoms with Crippen LogP contribution in [0, 0.1) is 0 Å². The number of halogens is 2. The Hall–Kier alpha value is -1.91. The number of carbonyl (C=O) groups excluding carboxylic acids is 1. The van der Waals surface area contributed by atoms with Crippen molar-refractivity contribution in [3.63, 3.8) is 0 Å². The number of carbonyl (C=O) groups is 1. The van der Waals surface area contributed by atoms with Crippen LogP contribution < -0.4 is 15.8 Å². The van der Waals surface area contributed by atoms with Gasteiger partial charge in [-0.1, -0.05) is 35.3 Å². The summed E-state index contributed by atoms with van der Waals surface area (Å²) in [5, 5.41) is 3.62. The first-order valence-electron chi connectivity index (χ1n) is 6.28. The molecule has 0 aliphatic carbocycles. The van der Waals surface area contributed by atoms with E-state index < -0.39 is 0 Å². The SMILES string of the molecule is Nc1ccccc1OCCC(=O)Nc1cc(Cl)ccc1Cl. The third kappa shape index (κ3) is 4.55. The van der Waals surface area contributed by atoms with Crippen molar-refractivity contribution in [1.82, 2.24) is 0 Å². The second kappa shape index (κ2) is 7.20. The summed E-state index contributed by atoms with van der Waals surface area (Å²) in [7, 11) is 0. The van der Waals surface area contributed by atoms with E-state index in [1.807, 2.05) is 12.1 Å². The highest BCUT2D eigenvalue weighted by Crippen LogP contribution is 2.25. The second-order valence-corrected chi connectivity index (χ2v) is 5.15. The number of amides is 1. The molecule has 2 aromatic carbocycles. The molecule has 0 saturated heterocycles. The van der Waals surface area contributed by atoms with Gasteiger partial charge in [0.2, 0.25) is 5.91 Å². The van der Waals surface area contributed by atoms with Gasteiger partial charge in [0.1, 0.15) is 5.75 Å². The zero-order valence-corrected chi connectivity index (χ0v) is 12.6. The summed E-state index contributed by atoms with van der Waals surface area (Å²) < 4.78 is 5.45. The minimum absolute atomic E-state index is 0.178. The van der Waals surface area contributed by atoms with Gasteiger partial charge >= 0.3 is 0 Å². The molecule has 1 amide bonds. The van der Waals surface area contributed by atoms with Gasteiger partial charge in [0.05, 0.1) is 29.4 Å². The van der Waals surface area contributed by atoms with E-state index >= 15 is 0 Å². The van der Waals surface area contributed by atoms with Crippen LogP contribution in [0.5, 0.6) is 5.75 Å². The molecule has 4 nitrogen and oxygen atoms in total. The molecule has 0 aromatic heterocycles. The maximum atomic E-state index is 11.8. The summed E-state index contributed by atoms with van der Waals surface area (Å²) in [6.07, 6.45) is 0.178. The molecule has 0 heterocycles. The topological polar surface area (TPSA) is 64.3 Å². The first-order valence-corrected chi connectivity index (χ1v) is 7.04. The number of rotatable bonds is 5. The lowest BCUT2D eigenvalue weighted by atomic mass is 10.3. The highest BCUT2D eigenvalue weighted by molar-refractivity contribution is 6.35. The predicted octanol–water partition coefficient (Wildman–Crippen LogP) is 3.98. The van der Waals surface area contributed by atoms with Crippen molar-refractivity contribution < 1.29 is 9.53 Å². The van der Waals surface area contributed by atoms with E-state index in [-0.39, 0.29) is 18.9 Å². The highest BCUT2D eigenvalue weighted by atomic mass is 35.5. The summed E-state index contributed by atoms with van der Waals surface area (Å²) in [5.74, 6) is 0.347. The summed E-state index contributed by atoms with van der Waals surface area (Å²) in [5.41, 5.74) is 6.76.